The van der Waals surface area contributed by atoms with Crippen LogP contribution in [0.5, 0.6) is 0 Å². The zero-order chi connectivity index (χ0) is 17.9. The molecule has 1 heterocycles. The summed E-state index contributed by atoms with van der Waals surface area (Å²) in [6, 6.07) is 2.12. The van der Waals surface area contributed by atoms with Crippen molar-refractivity contribution in [1.29, 1.82) is 0 Å². The number of rotatable bonds is 6. The fourth-order valence-corrected chi connectivity index (χ4v) is 2.59. The second-order valence-electron chi connectivity index (χ2n) is 5.54. The Labute approximate surface area is 137 Å². The lowest BCUT2D eigenvalue weighted by molar-refractivity contribution is -0.143. The highest BCUT2D eigenvalue weighted by atomic mass is 19.1. The van der Waals surface area contributed by atoms with Gasteiger partial charge in [0.15, 0.2) is 0 Å². The van der Waals surface area contributed by atoms with Gasteiger partial charge in [0.05, 0.1) is 6.61 Å². The molecule has 0 aromatic heterocycles. The SMILES string of the molecule is CCOC(=O)CCCN1C(=O)NC(C)(c2ccc(F)cc2F)C1=O. The average Bonchev–Trinajstić information content (AvgIpc) is 2.71. The van der Waals surface area contributed by atoms with Crippen molar-refractivity contribution in [2.75, 3.05) is 13.2 Å². The van der Waals surface area contributed by atoms with Crippen LogP contribution in [0.3, 0.4) is 0 Å². The number of ether oxygens (including phenoxy) is 1. The minimum atomic E-state index is -1.61. The molecule has 0 bridgehead atoms. The predicted molar refractivity (Wildman–Crippen MR) is 79.8 cm³/mol. The Morgan fingerprint density at radius 2 is 2.04 bits per heavy atom. The third-order valence-electron chi connectivity index (χ3n) is 3.81. The first-order valence-corrected chi connectivity index (χ1v) is 7.55. The van der Waals surface area contributed by atoms with Crippen molar-refractivity contribution in [2.24, 2.45) is 0 Å². The Morgan fingerprint density at radius 1 is 1.33 bits per heavy atom. The molecule has 6 nitrogen and oxygen atoms in total. The number of nitrogens with one attached hydrogen (secondary N) is 1. The van der Waals surface area contributed by atoms with E-state index in [-0.39, 0.29) is 31.6 Å². The summed E-state index contributed by atoms with van der Waals surface area (Å²) >= 11 is 0. The number of hydrogen-bond acceptors (Lipinski definition) is 4. The number of imide groups is 1. The summed E-state index contributed by atoms with van der Waals surface area (Å²) in [4.78, 5) is 36.8. The van der Waals surface area contributed by atoms with Gasteiger partial charge in [-0.15, -0.1) is 0 Å². The van der Waals surface area contributed by atoms with Gasteiger partial charge in [0.25, 0.3) is 5.91 Å². The van der Waals surface area contributed by atoms with Crippen molar-refractivity contribution >= 4 is 17.9 Å². The standard InChI is InChI=1S/C16H18F2N2O4/c1-3-24-13(21)5-4-8-20-14(22)16(2,19-15(20)23)11-7-6-10(17)9-12(11)18/h6-7,9H,3-5,8H2,1-2H3,(H,19,23). The summed E-state index contributed by atoms with van der Waals surface area (Å²) in [5, 5.41) is 2.43. The molecular weight excluding hydrogens is 322 g/mol. The number of urea groups is 1. The molecule has 1 aliphatic rings. The van der Waals surface area contributed by atoms with Crippen LogP contribution >= 0.6 is 0 Å². The smallest absolute Gasteiger partial charge is 0.325 e. The lowest BCUT2D eigenvalue weighted by Gasteiger charge is -2.22. The van der Waals surface area contributed by atoms with Gasteiger partial charge >= 0.3 is 12.0 Å². The summed E-state index contributed by atoms with van der Waals surface area (Å²) in [7, 11) is 0. The second-order valence-corrected chi connectivity index (χ2v) is 5.54. The molecule has 1 aliphatic heterocycles. The highest BCUT2D eigenvalue weighted by Gasteiger charge is 2.50. The van der Waals surface area contributed by atoms with Crippen LogP contribution in [0, 0.1) is 11.6 Å². The number of halogens is 2. The Hall–Kier alpha value is -2.51. The summed E-state index contributed by atoms with van der Waals surface area (Å²) in [6.07, 6.45) is 0.298. The normalized spacial score (nSPS) is 20.2. The number of nitrogens with zero attached hydrogens (tertiary/aromatic N) is 1. The maximum absolute atomic E-state index is 14.0. The van der Waals surface area contributed by atoms with Gasteiger partial charge in [-0.25, -0.2) is 13.6 Å². The molecular formula is C16H18F2N2O4. The number of carbonyl (C=O) groups is 3. The van der Waals surface area contributed by atoms with Crippen LogP contribution in [-0.2, 0) is 19.9 Å². The minimum Gasteiger partial charge on any atom is -0.466 e. The van der Waals surface area contributed by atoms with E-state index in [0.29, 0.717) is 6.07 Å². The van der Waals surface area contributed by atoms with Crippen LogP contribution in [0.4, 0.5) is 13.6 Å². The average molecular weight is 340 g/mol. The molecule has 3 amide bonds. The maximum atomic E-state index is 14.0. The molecule has 0 radical (unpaired) electrons. The van der Waals surface area contributed by atoms with E-state index in [1.165, 1.54) is 6.92 Å². The Bertz CT molecular complexity index is 680. The first kappa shape index (κ1) is 17.8. The molecule has 0 saturated carbocycles. The van der Waals surface area contributed by atoms with Crippen molar-refractivity contribution < 1.29 is 27.9 Å². The third kappa shape index (κ3) is 3.37. The summed E-state index contributed by atoms with van der Waals surface area (Å²) < 4.78 is 31.8. The summed E-state index contributed by atoms with van der Waals surface area (Å²) in [5.41, 5.74) is -1.73. The molecule has 8 heteroatoms. The Morgan fingerprint density at radius 3 is 2.67 bits per heavy atom. The lowest BCUT2D eigenvalue weighted by Crippen LogP contribution is -2.41. The van der Waals surface area contributed by atoms with Gasteiger partial charge in [0.2, 0.25) is 0 Å². The fraction of sp³-hybridized carbons (Fsp3) is 0.438. The van der Waals surface area contributed by atoms with Crippen LogP contribution in [-0.4, -0.2) is 36.0 Å². The van der Waals surface area contributed by atoms with Gasteiger partial charge in [-0.2, -0.15) is 0 Å². The summed E-state index contributed by atoms with van der Waals surface area (Å²) in [6.45, 7) is 3.29. The van der Waals surface area contributed by atoms with Gasteiger partial charge in [0, 0.05) is 24.6 Å². The highest BCUT2D eigenvalue weighted by molar-refractivity contribution is 6.07. The second kappa shape index (κ2) is 6.94. The van der Waals surface area contributed by atoms with Gasteiger partial charge in [0.1, 0.15) is 17.2 Å². The van der Waals surface area contributed by atoms with E-state index in [0.717, 1.165) is 17.0 Å². The number of hydrogen-bond donors (Lipinski definition) is 1. The van der Waals surface area contributed by atoms with Crippen molar-refractivity contribution in [3.05, 3.63) is 35.4 Å². The van der Waals surface area contributed by atoms with Crippen molar-refractivity contribution in [2.45, 2.75) is 32.2 Å². The van der Waals surface area contributed by atoms with Crippen LogP contribution in [0.25, 0.3) is 0 Å². The topological polar surface area (TPSA) is 75.7 Å². The van der Waals surface area contributed by atoms with Gasteiger partial charge in [-0.1, -0.05) is 6.07 Å². The number of esters is 1. The van der Waals surface area contributed by atoms with Crippen LogP contribution in [0.2, 0.25) is 0 Å². The minimum absolute atomic E-state index is 0.00187. The van der Waals surface area contributed by atoms with Crippen molar-refractivity contribution in [3.8, 4) is 0 Å². The Kier molecular flexibility index (Phi) is 5.16. The molecule has 130 valence electrons. The van der Waals surface area contributed by atoms with Crippen molar-refractivity contribution in [1.82, 2.24) is 10.2 Å². The molecule has 0 spiro atoms. The van der Waals surface area contributed by atoms with E-state index in [2.05, 4.69) is 5.32 Å². The first-order valence-electron chi connectivity index (χ1n) is 7.55. The molecule has 0 aliphatic carbocycles. The number of amides is 3. The Balaban J connectivity index is 2.11. The van der Waals surface area contributed by atoms with Gasteiger partial charge in [-0.05, 0) is 26.3 Å². The molecule has 1 saturated heterocycles. The predicted octanol–water partition coefficient (Wildman–Crippen LogP) is 2.08. The first-order chi connectivity index (χ1) is 11.3. The monoisotopic (exact) mass is 340 g/mol. The zero-order valence-corrected chi connectivity index (χ0v) is 13.4. The molecule has 1 aromatic carbocycles. The maximum Gasteiger partial charge on any atom is 0.325 e. The highest BCUT2D eigenvalue weighted by Crippen LogP contribution is 2.31. The van der Waals surface area contributed by atoms with E-state index in [1.807, 2.05) is 0 Å². The van der Waals surface area contributed by atoms with Crippen LogP contribution < -0.4 is 5.32 Å². The zero-order valence-electron chi connectivity index (χ0n) is 13.4. The molecule has 1 N–H and O–H groups in total. The van der Waals surface area contributed by atoms with Gasteiger partial charge in [-0.3, -0.25) is 14.5 Å². The molecule has 1 fully saturated rings. The molecule has 1 aromatic rings. The molecule has 24 heavy (non-hydrogen) atoms. The molecule has 1 unspecified atom stereocenters. The summed E-state index contributed by atoms with van der Waals surface area (Å²) in [5.74, 6) is -2.76. The van der Waals surface area contributed by atoms with Gasteiger partial charge < -0.3 is 10.1 Å². The van der Waals surface area contributed by atoms with Crippen LogP contribution in [0.1, 0.15) is 32.3 Å². The van der Waals surface area contributed by atoms with E-state index >= 15 is 0 Å². The molecule has 1 atom stereocenters. The number of carbonyl (C=O) groups excluding carboxylic acids is 3. The van der Waals surface area contributed by atoms with E-state index in [1.54, 1.807) is 6.92 Å². The van der Waals surface area contributed by atoms with Crippen molar-refractivity contribution in [3.63, 3.8) is 0 Å². The fourth-order valence-electron chi connectivity index (χ4n) is 2.59. The van der Waals surface area contributed by atoms with E-state index in [9.17, 15) is 23.2 Å². The van der Waals surface area contributed by atoms with Crippen LogP contribution in [0.15, 0.2) is 18.2 Å². The van der Waals surface area contributed by atoms with E-state index in [4.69, 9.17) is 4.74 Å². The lowest BCUT2D eigenvalue weighted by atomic mass is 9.91. The molecule has 2 rings (SSSR count). The third-order valence-corrected chi connectivity index (χ3v) is 3.81. The largest absolute Gasteiger partial charge is 0.466 e. The number of benzene rings is 1. The van der Waals surface area contributed by atoms with E-state index < -0.39 is 35.1 Å². The quantitative estimate of drug-likeness (QED) is 0.635.